The lowest BCUT2D eigenvalue weighted by Gasteiger charge is -2.13. The van der Waals surface area contributed by atoms with Crippen molar-refractivity contribution in [2.45, 2.75) is 26.2 Å². The summed E-state index contributed by atoms with van der Waals surface area (Å²) in [7, 11) is 0. The fraction of sp³-hybridized carbons (Fsp3) is 0.538. The van der Waals surface area contributed by atoms with Gasteiger partial charge >= 0.3 is 11.9 Å². The standard InChI is InChI=1S/C13H20O4/c1-4-7-8-11(12(14)16-9-5-2)13(15)17-10-6-3/h5-6,11H,2-4,7-10H2,1H3. The molecule has 0 aliphatic heterocycles. The minimum Gasteiger partial charge on any atom is -0.461 e. The minimum atomic E-state index is -0.838. The molecule has 17 heavy (non-hydrogen) atoms. The largest absolute Gasteiger partial charge is 0.461 e. The SMILES string of the molecule is C=CCOC(=O)C(CCCC)C(=O)OCC=C. The Hall–Kier alpha value is -1.58. The maximum atomic E-state index is 11.6. The molecule has 0 saturated carbocycles. The molecule has 4 heteroatoms. The van der Waals surface area contributed by atoms with Crippen LogP contribution in [0, 0.1) is 5.92 Å². The molecule has 0 aliphatic rings. The number of esters is 2. The van der Waals surface area contributed by atoms with Crippen molar-refractivity contribution >= 4 is 11.9 Å². The second-order valence-corrected chi connectivity index (χ2v) is 3.53. The number of ether oxygens (including phenoxy) is 2. The highest BCUT2D eigenvalue weighted by Gasteiger charge is 2.28. The quantitative estimate of drug-likeness (QED) is 0.352. The maximum absolute atomic E-state index is 11.6. The van der Waals surface area contributed by atoms with E-state index >= 15 is 0 Å². The molecule has 0 saturated heterocycles. The Morgan fingerprint density at radius 1 is 1.12 bits per heavy atom. The van der Waals surface area contributed by atoms with Crippen molar-refractivity contribution in [3.8, 4) is 0 Å². The molecule has 0 heterocycles. The second kappa shape index (κ2) is 9.63. The van der Waals surface area contributed by atoms with Crippen molar-refractivity contribution in [3.63, 3.8) is 0 Å². The van der Waals surface area contributed by atoms with Crippen molar-refractivity contribution < 1.29 is 19.1 Å². The van der Waals surface area contributed by atoms with E-state index < -0.39 is 17.9 Å². The average molecular weight is 240 g/mol. The first-order valence-electron chi connectivity index (χ1n) is 5.72. The molecule has 0 bridgehead atoms. The number of unbranched alkanes of at least 4 members (excludes halogenated alkanes) is 1. The van der Waals surface area contributed by atoms with Crippen LogP contribution in [0.4, 0.5) is 0 Å². The minimum absolute atomic E-state index is 0.107. The maximum Gasteiger partial charge on any atom is 0.320 e. The van der Waals surface area contributed by atoms with E-state index in [0.29, 0.717) is 6.42 Å². The van der Waals surface area contributed by atoms with Crippen LogP contribution in [0.3, 0.4) is 0 Å². The zero-order chi connectivity index (χ0) is 13.1. The molecular weight excluding hydrogens is 220 g/mol. The van der Waals surface area contributed by atoms with E-state index in [4.69, 9.17) is 9.47 Å². The summed E-state index contributed by atoms with van der Waals surface area (Å²) in [5, 5.41) is 0. The molecule has 0 spiro atoms. The molecule has 0 aromatic carbocycles. The lowest BCUT2D eigenvalue weighted by molar-refractivity contribution is -0.161. The summed E-state index contributed by atoms with van der Waals surface area (Å²) in [6.45, 7) is 9.09. The number of carbonyl (C=O) groups is 2. The Bertz CT molecular complexity index is 247. The van der Waals surface area contributed by atoms with Gasteiger partial charge in [0, 0.05) is 0 Å². The summed E-state index contributed by atoms with van der Waals surface area (Å²) in [5.41, 5.74) is 0. The van der Waals surface area contributed by atoms with Crippen LogP contribution in [0.15, 0.2) is 25.3 Å². The predicted molar refractivity (Wildman–Crippen MR) is 65.3 cm³/mol. The van der Waals surface area contributed by atoms with Gasteiger partial charge in [0.15, 0.2) is 5.92 Å². The van der Waals surface area contributed by atoms with E-state index in [1.807, 2.05) is 6.92 Å². The summed E-state index contributed by atoms with van der Waals surface area (Å²) in [6.07, 6.45) is 5.05. The highest BCUT2D eigenvalue weighted by Crippen LogP contribution is 2.13. The summed E-state index contributed by atoms with van der Waals surface area (Å²) in [6, 6.07) is 0. The first-order chi connectivity index (χ1) is 8.17. The Labute approximate surface area is 102 Å². The molecule has 0 unspecified atom stereocenters. The van der Waals surface area contributed by atoms with Crippen LogP contribution in [-0.4, -0.2) is 25.2 Å². The van der Waals surface area contributed by atoms with Gasteiger partial charge in [-0.15, -0.1) is 0 Å². The summed E-state index contributed by atoms with van der Waals surface area (Å²) < 4.78 is 9.74. The second-order valence-electron chi connectivity index (χ2n) is 3.53. The average Bonchev–Trinajstić information content (AvgIpc) is 2.34. The van der Waals surface area contributed by atoms with Gasteiger partial charge in [-0.05, 0) is 6.42 Å². The smallest absolute Gasteiger partial charge is 0.320 e. The summed E-state index contributed by atoms with van der Waals surface area (Å²) >= 11 is 0. The molecule has 0 amide bonds. The van der Waals surface area contributed by atoms with E-state index in [-0.39, 0.29) is 13.2 Å². The topological polar surface area (TPSA) is 52.6 Å². The van der Waals surface area contributed by atoms with Crippen LogP contribution >= 0.6 is 0 Å². The molecule has 0 aromatic rings. The highest BCUT2D eigenvalue weighted by atomic mass is 16.6. The predicted octanol–water partition coefficient (Wildman–Crippen LogP) is 2.25. The zero-order valence-corrected chi connectivity index (χ0v) is 10.3. The van der Waals surface area contributed by atoms with Crippen LogP contribution in [0.25, 0.3) is 0 Å². The third-order valence-electron chi connectivity index (χ3n) is 2.10. The Balaban J connectivity index is 4.38. The van der Waals surface area contributed by atoms with Crippen molar-refractivity contribution in [1.29, 1.82) is 0 Å². The molecule has 0 atom stereocenters. The van der Waals surface area contributed by atoms with Gasteiger partial charge in [-0.1, -0.05) is 45.1 Å². The lowest BCUT2D eigenvalue weighted by atomic mass is 10.0. The number of hydrogen-bond acceptors (Lipinski definition) is 4. The van der Waals surface area contributed by atoms with Crippen LogP contribution in [0.5, 0.6) is 0 Å². The lowest BCUT2D eigenvalue weighted by Crippen LogP contribution is -2.28. The molecule has 0 fully saturated rings. The molecule has 0 radical (unpaired) electrons. The zero-order valence-electron chi connectivity index (χ0n) is 10.3. The molecule has 4 nitrogen and oxygen atoms in total. The molecule has 0 aliphatic carbocycles. The van der Waals surface area contributed by atoms with Gasteiger partial charge in [-0.25, -0.2) is 0 Å². The summed E-state index contributed by atoms with van der Waals surface area (Å²) in [5.74, 6) is -1.94. The molecule has 96 valence electrons. The molecule has 0 N–H and O–H groups in total. The van der Waals surface area contributed by atoms with Crippen molar-refractivity contribution in [2.24, 2.45) is 5.92 Å². The van der Waals surface area contributed by atoms with E-state index in [0.717, 1.165) is 12.8 Å². The van der Waals surface area contributed by atoms with E-state index in [1.165, 1.54) is 12.2 Å². The van der Waals surface area contributed by atoms with Gasteiger partial charge < -0.3 is 9.47 Å². The van der Waals surface area contributed by atoms with Crippen LogP contribution in [0.2, 0.25) is 0 Å². The van der Waals surface area contributed by atoms with Gasteiger partial charge in [0.05, 0.1) is 0 Å². The third-order valence-corrected chi connectivity index (χ3v) is 2.10. The first kappa shape index (κ1) is 15.4. The number of carbonyl (C=O) groups excluding carboxylic acids is 2. The Morgan fingerprint density at radius 3 is 1.94 bits per heavy atom. The van der Waals surface area contributed by atoms with Crippen molar-refractivity contribution in [2.75, 3.05) is 13.2 Å². The fourth-order valence-corrected chi connectivity index (χ4v) is 1.22. The Morgan fingerprint density at radius 2 is 1.59 bits per heavy atom. The van der Waals surface area contributed by atoms with Gasteiger partial charge in [0.1, 0.15) is 13.2 Å². The molecule has 0 aromatic heterocycles. The monoisotopic (exact) mass is 240 g/mol. The van der Waals surface area contributed by atoms with Gasteiger partial charge in [0.2, 0.25) is 0 Å². The first-order valence-corrected chi connectivity index (χ1v) is 5.72. The normalized spacial score (nSPS) is 9.76. The van der Waals surface area contributed by atoms with E-state index in [1.54, 1.807) is 0 Å². The van der Waals surface area contributed by atoms with Gasteiger partial charge in [0.25, 0.3) is 0 Å². The van der Waals surface area contributed by atoms with Crippen LogP contribution in [0.1, 0.15) is 26.2 Å². The number of rotatable bonds is 9. The van der Waals surface area contributed by atoms with Crippen molar-refractivity contribution in [3.05, 3.63) is 25.3 Å². The Kier molecular flexibility index (Phi) is 8.74. The van der Waals surface area contributed by atoms with Gasteiger partial charge in [-0.2, -0.15) is 0 Å². The summed E-state index contributed by atoms with van der Waals surface area (Å²) in [4.78, 5) is 23.2. The third kappa shape index (κ3) is 6.56. The van der Waals surface area contributed by atoms with Gasteiger partial charge in [-0.3, -0.25) is 9.59 Å². The van der Waals surface area contributed by atoms with Crippen molar-refractivity contribution in [1.82, 2.24) is 0 Å². The van der Waals surface area contributed by atoms with Crippen LogP contribution < -0.4 is 0 Å². The number of hydrogen-bond donors (Lipinski definition) is 0. The molecular formula is C13H20O4. The highest BCUT2D eigenvalue weighted by molar-refractivity contribution is 5.94. The van der Waals surface area contributed by atoms with E-state index in [9.17, 15) is 9.59 Å². The van der Waals surface area contributed by atoms with Crippen LogP contribution in [-0.2, 0) is 19.1 Å². The van der Waals surface area contributed by atoms with E-state index in [2.05, 4.69) is 13.2 Å². The fourth-order valence-electron chi connectivity index (χ4n) is 1.22. The molecule has 0 rings (SSSR count).